The van der Waals surface area contributed by atoms with Gasteiger partial charge in [-0.1, -0.05) is 37.1 Å². The number of rotatable bonds is 2. The van der Waals surface area contributed by atoms with Crippen LogP contribution in [0.25, 0.3) is 0 Å². The Balaban J connectivity index is 1.36. The zero-order valence-electron chi connectivity index (χ0n) is 12.4. The van der Waals surface area contributed by atoms with E-state index in [1.54, 1.807) is 11.1 Å². The molecule has 1 aromatic carbocycles. The molecule has 0 saturated heterocycles. The summed E-state index contributed by atoms with van der Waals surface area (Å²) in [6.45, 7) is 0. The second-order valence-electron chi connectivity index (χ2n) is 8.23. The highest BCUT2D eigenvalue weighted by Gasteiger charge is 2.41. The van der Waals surface area contributed by atoms with Gasteiger partial charge >= 0.3 is 0 Å². The smallest absolute Gasteiger partial charge is 0.0131 e. The zero-order valence-corrected chi connectivity index (χ0v) is 12.4. The Kier molecular flexibility index (Phi) is 2.58. The van der Waals surface area contributed by atoms with Crippen LogP contribution in [-0.2, 0) is 0 Å². The summed E-state index contributed by atoms with van der Waals surface area (Å²) in [4.78, 5) is 0. The van der Waals surface area contributed by atoms with Gasteiger partial charge < -0.3 is 0 Å². The van der Waals surface area contributed by atoms with Crippen LogP contribution in [0.2, 0.25) is 0 Å². The molecule has 0 heterocycles. The standard InChI is InChI=1S/C20H26/c1-3-17-9-13(1)11-19(17)15-5-7-16(8-6-15)20-12-14-2-4-18(20)10-14/h5-8,13-14,17-20H,1-4,9-12H2/t13-,14+,17+,18-,19?,20?. The predicted octanol–water partition coefficient (Wildman–Crippen LogP) is 5.49. The Labute approximate surface area is 123 Å². The minimum atomic E-state index is 0.905. The van der Waals surface area contributed by atoms with Crippen molar-refractivity contribution in [2.75, 3.05) is 0 Å². The van der Waals surface area contributed by atoms with Gasteiger partial charge in [-0.3, -0.25) is 0 Å². The maximum absolute atomic E-state index is 2.49. The summed E-state index contributed by atoms with van der Waals surface area (Å²) < 4.78 is 0. The third kappa shape index (κ3) is 1.73. The minimum Gasteiger partial charge on any atom is -0.0585 e. The Hall–Kier alpha value is -0.780. The Morgan fingerprint density at radius 1 is 0.550 bits per heavy atom. The van der Waals surface area contributed by atoms with E-state index in [0.29, 0.717) is 0 Å². The lowest BCUT2D eigenvalue weighted by Crippen LogP contribution is -2.10. The summed E-state index contributed by atoms with van der Waals surface area (Å²) in [6.07, 6.45) is 12.1. The highest BCUT2D eigenvalue weighted by Crippen LogP contribution is 2.54. The molecule has 4 saturated carbocycles. The van der Waals surface area contributed by atoms with Crippen LogP contribution < -0.4 is 0 Å². The number of hydrogen-bond acceptors (Lipinski definition) is 0. The molecule has 0 heteroatoms. The molecule has 106 valence electrons. The van der Waals surface area contributed by atoms with Crippen LogP contribution in [-0.4, -0.2) is 0 Å². The summed E-state index contributed by atoms with van der Waals surface area (Å²) in [7, 11) is 0. The lowest BCUT2D eigenvalue weighted by Gasteiger charge is -2.25. The van der Waals surface area contributed by atoms with E-state index in [0.717, 1.165) is 35.5 Å². The second-order valence-corrected chi connectivity index (χ2v) is 8.23. The van der Waals surface area contributed by atoms with Crippen molar-refractivity contribution in [3.05, 3.63) is 35.4 Å². The van der Waals surface area contributed by atoms with Crippen molar-refractivity contribution in [3.63, 3.8) is 0 Å². The van der Waals surface area contributed by atoms with Crippen molar-refractivity contribution in [2.24, 2.45) is 23.7 Å². The van der Waals surface area contributed by atoms with E-state index in [1.807, 2.05) is 0 Å². The molecule has 20 heavy (non-hydrogen) atoms. The van der Waals surface area contributed by atoms with E-state index in [4.69, 9.17) is 0 Å². The maximum atomic E-state index is 2.49. The SMILES string of the molecule is c1cc(C2C[C@@H]3CC[C@H]2C3)ccc1C1C[C@H]2CC[C@@H]1C2. The number of hydrogen-bond donors (Lipinski definition) is 0. The van der Waals surface area contributed by atoms with Crippen molar-refractivity contribution >= 4 is 0 Å². The molecule has 0 radical (unpaired) electrons. The van der Waals surface area contributed by atoms with Gasteiger partial charge in [-0.05, 0) is 85.2 Å². The molecule has 6 atom stereocenters. The lowest BCUT2D eigenvalue weighted by molar-refractivity contribution is 0.415. The van der Waals surface area contributed by atoms with Crippen molar-refractivity contribution in [2.45, 2.75) is 63.2 Å². The van der Waals surface area contributed by atoms with Gasteiger partial charge in [-0.25, -0.2) is 0 Å². The molecular formula is C20H26. The highest BCUT2D eigenvalue weighted by atomic mass is 14.5. The fraction of sp³-hybridized carbons (Fsp3) is 0.700. The molecular weight excluding hydrogens is 240 g/mol. The van der Waals surface area contributed by atoms with Gasteiger partial charge in [0.2, 0.25) is 0 Å². The molecule has 2 unspecified atom stereocenters. The zero-order chi connectivity index (χ0) is 13.1. The van der Waals surface area contributed by atoms with Crippen LogP contribution in [0.3, 0.4) is 0 Å². The Bertz CT molecular complexity index is 452. The minimum absolute atomic E-state index is 0.905. The van der Waals surface area contributed by atoms with Crippen LogP contribution in [0.1, 0.15) is 74.3 Å². The maximum Gasteiger partial charge on any atom is -0.0131 e. The fourth-order valence-electron chi connectivity index (χ4n) is 6.30. The molecule has 0 nitrogen and oxygen atoms in total. The summed E-state index contributed by atoms with van der Waals surface area (Å²) in [5.74, 6) is 5.98. The first-order chi connectivity index (χ1) is 9.87. The van der Waals surface area contributed by atoms with Crippen LogP contribution in [0.15, 0.2) is 24.3 Å². The van der Waals surface area contributed by atoms with Gasteiger partial charge in [-0.2, -0.15) is 0 Å². The average Bonchev–Trinajstić information content (AvgIpc) is 3.27. The van der Waals surface area contributed by atoms with Crippen LogP contribution in [0, 0.1) is 23.7 Å². The van der Waals surface area contributed by atoms with Gasteiger partial charge in [0.05, 0.1) is 0 Å². The molecule has 0 aromatic heterocycles. The van der Waals surface area contributed by atoms with E-state index in [1.165, 1.54) is 51.4 Å². The summed E-state index contributed by atoms with van der Waals surface area (Å²) in [6, 6.07) is 9.97. The summed E-state index contributed by atoms with van der Waals surface area (Å²) >= 11 is 0. The van der Waals surface area contributed by atoms with Crippen LogP contribution in [0.5, 0.6) is 0 Å². The number of benzene rings is 1. The molecule has 4 aliphatic rings. The van der Waals surface area contributed by atoms with Crippen molar-refractivity contribution in [1.29, 1.82) is 0 Å². The van der Waals surface area contributed by atoms with Gasteiger partial charge in [-0.15, -0.1) is 0 Å². The molecule has 0 N–H and O–H groups in total. The van der Waals surface area contributed by atoms with Gasteiger partial charge in [0.25, 0.3) is 0 Å². The third-order valence-electron chi connectivity index (χ3n) is 7.27. The molecule has 4 aliphatic carbocycles. The second kappa shape index (κ2) is 4.36. The first-order valence-corrected chi connectivity index (χ1v) is 8.96. The largest absolute Gasteiger partial charge is 0.0585 e. The quantitative estimate of drug-likeness (QED) is 0.663. The van der Waals surface area contributed by atoms with Crippen molar-refractivity contribution in [1.82, 2.24) is 0 Å². The number of fused-ring (bicyclic) bond motifs is 4. The van der Waals surface area contributed by atoms with Gasteiger partial charge in [0, 0.05) is 0 Å². The molecule has 1 aromatic rings. The normalized spacial score (nSPS) is 45.4. The van der Waals surface area contributed by atoms with E-state index in [2.05, 4.69) is 24.3 Å². The topological polar surface area (TPSA) is 0 Å². The average molecular weight is 266 g/mol. The predicted molar refractivity (Wildman–Crippen MR) is 82.8 cm³/mol. The van der Waals surface area contributed by atoms with Gasteiger partial charge in [0.15, 0.2) is 0 Å². The third-order valence-corrected chi connectivity index (χ3v) is 7.27. The first kappa shape index (κ1) is 11.8. The Morgan fingerprint density at radius 3 is 1.30 bits per heavy atom. The van der Waals surface area contributed by atoms with E-state index in [9.17, 15) is 0 Å². The molecule has 0 spiro atoms. The van der Waals surface area contributed by atoms with Crippen molar-refractivity contribution < 1.29 is 0 Å². The fourth-order valence-corrected chi connectivity index (χ4v) is 6.30. The van der Waals surface area contributed by atoms with E-state index < -0.39 is 0 Å². The lowest BCUT2D eigenvalue weighted by atomic mass is 9.80. The molecule has 4 fully saturated rings. The van der Waals surface area contributed by atoms with E-state index >= 15 is 0 Å². The molecule has 5 rings (SSSR count). The first-order valence-electron chi connectivity index (χ1n) is 8.96. The summed E-state index contributed by atoms with van der Waals surface area (Å²) in [5.41, 5.74) is 3.31. The van der Waals surface area contributed by atoms with Crippen LogP contribution in [0.4, 0.5) is 0 Å². The monoisotopic (exact) mass is 266 g/mol. The molecule has 0 aliphatic heterocycles. The van der Waals surface area contributed by atoms with Crippen LogP contribution >= 0.6 is 0 Å². The van der Waals surface area contributed by atoms with Gasteiger partial charge in [0.1, 0.15) is 0 Å². The van der Waals surface area contributed by atoms with Crippen molar-refractivity contribution in [3.8, 4) is 0 Å². The Morgan fingerprint density at radius 2 is 1.00 bits per heavy atom. The highest BCUT2D eigenvalue weighted by molar-refractivity contribution is 5.31. The molecule has 0 amide bonds. The molecule has 4 bridgehead atoms. The summed E-state index contributed by atoms with van der Waals surface area (Å²) in [5, 5.41) is 0. The van der Waals surface area contributed by atoms with E-state index in [-0.39, 0.29) is 0 Å².